The Morgan fingerprint density at radius 3 is 2.40 bits per heavy atom. The van der Waals surface area contributed by atoms with Crippen LogP contribution in [0.15, 0.2) is 53.4 Å². The third kappa shape index (κ3) is 3.38. The molecule has 1 aliphatic rings. The molecule has 1 aliphatic heterocycles. The van der Waals surface area contributed by atoms with Crippen LogP contribution in [0.1, 0.15) is 18.1 Å². The van der Waals surface area contributed by atoms with E-state index >= 15 is 0 Å². The number of sulfonamides is 1. The monoisotopic (exact) mass is 360 g/mol. The first kappa shape index (κ1) is 17.4. The molecule has 0 saturated carbocycles. The van der Waals surface area contributed by atoms with Crippen molar-refractivity contribution in [3.05, 3.63) is 59.7 Å². The van der Waals surface area contributed by atoms with Crippen molar-refractivity contribution in [3.63, 3.8) is 0 Å². The zero-order valence-corrected chi connectivity index (χ0v) is 14.5. The number of ether oxygens (including phenoxy) is 1. The van der Waals surface area contributed by atoms with Crippen molar-refractivity contribution in [3.8, 4) is 5.75 Å². The number of carbonyl (C=O) groups is 1. The number of carboxylic acids is 1. The van der Waals surface area contributed by atoms with E-state index in [1.54, 1.807) is 18.2 Å². The highest BCUT2D eigenvalue weighted by Crippen LogP contribution is 2.29. The standard InChI is InChI=1S/C18H19NO5S/c1-2-24-15-7-9-16(10-8-15)25(22,23)19-12-14-6-4-3-5-13(14)11-17(19)18(20)21/h3-10,17H,2,11-12H2,1H3,(H,20,21)/p-1/t17-/m1/s1. The van der Waals surface area contributed by atoms with Crippen molar-refractivity contribution in [2.75, 3.05) is 6.61 Å². The number of carbonyl (C=O) groups excluding carboxylic acids is 1. The Morgan fingerprint density at radius 1 is 1.16 bits per heavy atom. The average Bonchev–Trinajstić information content (AvgIpc) is 2.61. The molecule has 0 unspecified atom stereocenters. The predicted octanol–water partition coefficient (Wildman–Crippen LogP) is 0.951. The van der Waals surface area contributed by atoms with Crippen LogP contribution in [-0.4, -0.2) is 31.3 Å². The summed E-state index contributed by atoms with van der Waals surface area (Å²) in [6.45, 7) is 2.31. The molecule has 3 rings (SSSR count). The molecule has 0 amide bonds. The summed E-state index contributed by atoms with van der Waals surface area (Å²) in [6.07, 6.45) is 0.0920. The van der Waals surface area contributed by atoms with E-state index in [2.05, 4.69) is 0 Å². The second-order valence-electron chi connectivity index (χ2n) is 5.76. The predicted molar refractivity (Wildman–Crippen MR) is 89.3 cm³/mol. The molecule has 2 aromatic carbocycles. The molecule has 0 spiro atoms. The Morgan fingerprint density at radius 2 is 1.80 bits per heavy atom. The number of nitrogens with zero attached hydrogens (tertiary/aromatic N) is 1. The Kier molecular flexibility index (Phi) is 4.78. The van der Waals surface area contributed by atoms with Gasteiger partial charge in [-0.05, 0) is 48.7 Å². The minimum Gasteiger partial charge on any atom is -0.548 e. The van der Waals surface area contributed by atoms with Crippen LogP contribution >= 0.6 is 0 Å². The van der Waals surface area contributed by atoms with Gasteiger partial charge < -0.3 is 14.6 Å². The SMILES string of the molecule is CCOc1ccc(S(=O)(=O)N2Cc3ccccc3C[C@@H]2C(=O)[O-])cc1. The van der Waals surface area contributed by atoms with E-state index in [9.17, 15) is 18.3 Å². The van der Waals surface area contributed by atoms with Crippen molar-refractivity contribution < 1.29 is 23.1 Å². The first-order valence-electron chi connectivity index (χ1n) is 7.96. The Labute approximate surface area is 146 Å². The van der Waals surface area contributed by atoms with Gasteiger partial charge in [0.05, 0.1) is 23.5 Å². The van der Waals surface area contributed by atoms with Crippen molar-refractivity contribution in [1.29, 1.82) is 0 Å². The van der Waals surface area contributed by atoms with Gasteiger partial charge in [-0.3, -0.25) is 0 Å². The molecule has 1 atom stereocenters. The molecule has 0 aromatic heterocycles. The topological polar surface area (TPSA) is 86.7 Å². The van der Waals surface area contributed by atoms with Crippen LogP contribution in [0.3, 0.4) is 0 Å². The van der Waals surface area contributed by atoms with E-state index in [0.717, 1.165) is 15.4 Å². The second kappa shape index (κ2) is 6.85. The van der Waals surface area contributed by atoms with Crippen molar-refractivity contribution in [2.24, 2.45) is 0 Å². The smallest absolute Gasteiger partial charge is 0.243 e. The highest BCUT2D eigenvalue weighted by atomic mass is 32.2. The zero-order valence-electron chi connectivity index (χ0n) is 13.7. The highest BCUT2D eigenvalue weighted by Gasteiger charge is 2.36. The van der Waals surface area contributed by atoms with E-state index in [1.807, 2.05) is 25.1 Å². The molecule has 7 heteroatoms. The molecule has 2 aromatic rings. The van der Waals surface area contributed by atoms with Crippen LogP contribution in [0.2, 0.25) is 0 Å². The van der Waals surface area contributed by atoms with E-state index in [4.69, 9.17) is 4.74 Å². The lowest BCUT2D eigenvalue weighted by atomic mass is 9.96. The van der Waals surface area contributed by atoms with Gasteiger partial charge in [0.15, 0.2) is 0 Å². The number of hydrogen-bond donors (Lipinski definition) is 0. The first-order valence-corrected chi connectivity index (χ1v) is 9.40. The van der Waals surface area contributed by atoms with Crippen LogP contribution in [0, 0.1) is 0 Å². The maximum absolute atomic E-state index is 13.0. The largest absolute Gasteiger partial charge is 0.548 e. The number of benzene rings is 2. The lowest BCUT2D eigenvalue weighted by molar-refractivity contribution is -0.310. The minimum absolute atomic E-state index is 0.00433. The van der Waals surface area contributed by atoms with Crippen molar-refractivity contribution >= 4 is 16.0 Å². The molecule has 6 nitrogen and oxygen atoms in total. The minimum atomic E-state index is -3.97. The third-order valence-electron chi connectivity index (χ3n) is 4.22. The molecule has 0 radical (unpaired) electrons. The number of fused-ring (bicyclic) bond motifs is 1. The molecule has 0 aliphatic carbocycles. The molecule has 25 heavy (non-hydrogen) atoms. The lowest BCUT2D eigenvalue weighted by Gasteiger charge is -2.36. The molecular formula is C18H18NO5S-. The van der Waals surface area contributed by atoms with Crippen LogP contribution < -0.4 is 9.84 Å². The van der Waals surface area contributed by atoms with Gasteiger partial charge in [-0.2, -0.15) is 4.31 Å². The van der Waals surface area contributed by atoms with Crippen LogP contribution in [0.4, 0.5) is 0 Å². The van der Waals surface area contributed by atoms with Gasteiger partial charge in [-0.15, -0.1) is 0 Å². The van der Waals surface area contributed by atoms with E-state index in [-0.39, 0.29) is 17.9 Å². The second-order valence-corrected chi connectivity index (χ2v) is 7.65. The summed E-state index contributed by atoms with van der Waals surface area (Å²) in [6, 6.07) is 12.0. The molecule has 0 N–H and O–H groups in total. The van der Waals surface area contributed by atoms with Crippen LogP contribution in [-0.2, 0) is 27.8 Å². The van der Waals surface area contributed by atoms with Gasteiger partial charge in [0.1, 0.15) is 5.75 Å². The van der Waals surface area contributed by atoms with Gasteiger partial charge in [0.2, 0.25) is 10.0 Å². The highest BCUT2D eigenvalue weighted by molar-refractivity contribution is 7.89. The summed E-state index contributed by atoms with van der Waals surface area (Å²) in [5.74, 6) is -0.842. The maximum atomic E-state index is 13.0. The molecule has 1 heterocycles. The molecule has 0 saturated heterocycles. The molecular weight excluding hydrogens is 342 g/mol. The van der Waals surface area contributed by atoms with Crippen LogP contribution in [0.25, 0.3) is 0 Å². The van der Waals surface area contributed by atoms with Crippen molar-refractivity contribution in [2.45, 2.75) is 30.8 Å². The summed E-state index contributed by atoms with van der Waals surface area (Å²) in [7, 11) is -3.97. The van der Waals surface area contributed by atoms with Gasteiger partial charge in [0.25, 0.3) is 0 Å². The van der Waals surface area contributed by atoms with E-state index in [0.29, 0.717) is 12.4 Å². The lowest BCUT2D eigenvalue weighted by Crippen LogP contribution is -2.53. The number of hydrogen-bond acceptors (Lipinski definition) is 5. The first-order chi connectivity index (χ1) is 11.9. The maximum Gasteiger partial charge on any atom is 0.243 e. The summed E-state index contributed by atoms with van der Waals surface area (Å²) >= 11 is 0. The number of aliphatic carboxylic acids is 1. The Balaban J connectivity index is 1.98. The summed E-state index contributed by atoms with van der Waals surface area (Å²) in [5.41, 5.74) is 1.63. The van der Waals surface area contributed by atoms with E-state index in [1.165, 1.54) is 12.1 Å². The van der Waals surface area contributed by atoms with Gasteiger partial charge in [-0.25, -0.2) is 8.42 Å². The number of carboxylic acid groups (broad SMARTS) is 1. The third-order valence-corrected chi connectivity index (χ3v) is 6.09. The fourth-order valence-electron chi connectivity index (χ4n) is 2.96. The Hall–Kier alpha value is -2.38. The molecule has 132 valence electrons. The summed E-state index contributed by atoms with van der Waals surface area (Å²) in [4.78, 5) is 11.6. The fraction of sp³-hybridized carbons (Fsp3) is 0.278. The van der Waals surface area contributed by atoms with Gasteiger partial charge in [-0.1, -0.05) is 24.3 Å². The average molecular weight is 360 g/mol. The summed E-state index contributed by atoms with van der Waals surface area (Å²) in [5, 5.41) is 11.6. The summed E-state index contributed by atoms with van der Waals surface area (Å²) < 4.78 is 32.3. The zero-order chi connectivity index (χ0) is 18.0. The normalized spacial score (nSPS) is 17.7. The van der Waals surface area contributed by atoms with Gasteiger partial charge >= 0.3 is 0 Å². The Bertz CT molecular complexity index is 877. The van der Waals surface area contributed by atoms with Crippen molar-refractivity contribution in [1.82, 2.24) is 4.31 Å². The quantitative estimate of drug-likeness (QED) is 0.792. The fourth-order valence-corrected chi connectivity index (χ4v) is 4.52. The van der Waals surface area contributed by atoms with E-state index < -0.39 is 22.0 Å². The molecule has 0 bridgehead atoms. The van der Waals surface area contributed by atoms with Gasteiger partial charge in [0, 0.05) is 6.54 Å². The van der Waals surface area contributed by atoms with Crippen LogP contribution in [0.5, 0.6) is 5.75 Å². The molecule has 0 fully saturated rings. The number of rotatable bonds is 5.